The molecule has 0 fully saturated rings. The van der Waals surface area contributed by atoms with Gasteiger partial charge in [0.05, 0.1) is 15.7 Å². The zero-order valence-electron chi connectivity index (χ0n) is 8.87. The van der Waals surface area contributed by atoms with Gasteiger partial charge in [-0.2, -0.15) is 0 Å². The molecule has 0 saturated heterocycles. The monoisotopic (exact) mass is 230 g/mol. The first kappa shape index (κ1) is 12.1. The van der Waals surface area contributed by atoms with Crippen molar-refractivity contribution in [1.82, 2.24) is 4.90 Å². The lowest BCUT2D eigenvalue weighted by molar-refractivity contribution is 0.435. The van der Waals surface area contributed by atoms with Crippen LogP contribution in [0.3, 0.4) is 0 Å². The van der Waals surface area contributed by atoms with E-state index in [0.717, 1.165) is 0 Å². The quantitative estimate of drug-likeness (QED) is 0.787. The van der Waals surface area contributed by atoms with Crippen LogP contribution < -0.4 is 5.73 Å². The molecule has 0 saturated carbocycles. The molecule has 2 N–H and O–H groups in total. The van der Waals surface area contributed by atoms with E-state index in [9.17, 15) is 8.60 Å². The van der Waals surface area contributed by atoms with Gasteiger partial charge in [0.2, 0.25) is 0 Å². The third kappa shape index (κ3) is 3.60. The maximum Gasteiger partial charge on any atom is 0.141 e. The minimum atomic E-state index is -1.30. The van der Waals surface area contributed by atoms with Crippen molar-refractivity contribution in [3.8, 4) is 0 Å². The lowest BCUT2D eigenvalue weighted by Gasteiger charge is -2.09. The molecule has 0 heterocycles. The van der Waals surface area contributed by atoms with Gasteiger partial charge in [-0.25, -0.2) is 4.39 Å². The first-order chi connectivity index (χ1) is 7.00. The van der Waals surface area contributed by atoms with Crippen LogP contribution in [0.2, 0.25) is 0 Å². The van der Waals surface area contributed by atoms with Crippen molar-refractivity contribution in [3.63, 3.8) is 0 Å². The molecule has 1 unspecified atom stereocenters. The van der Waals surface area contributed by atoms with E-state index < -0.39 is 16.6 Å². The Morgan fingerprint density at radius 2 is 2.13 bits per heavy atom. The zero-order chi connectivity index (χ0) is 11.4. The second-order valence-corrected chi connectivity index (χ2v) is 5.08. The predicted octanol–water partition coefficient (Wildman–Crippen LogP) is 1.08. The summed E-state index contributed by atoms with van der Waals surface area (Å²) in [5.41, 5.74) is 5.75. The lowest BCUT2D eigenvalue weighted by Crippen LogP contribution is -2.19. The van der Waals surface area contributed by atoms with Gasteiger partial charge in [0.15, 0.2) is 0 Å². The van der Waals surface area contributed by atoms with Crippen molar-refractivity contribution in [2.75, 3.05) is 32.1 Å². The molecule has 0 aliphatic rings. The lowest BCUT2D eigenvalue weighted by atomic mass is 10.3. The molecule has 0 aliphatic carbocycles. The summed E-state index contributed by atoms with van der Waals surface area (Å²) in [7, 11) is 2.47. The molecule has 0 spiro atoms. The molecule has 0 aromatic heterocycles. The Morgan fingerprint density at radius 1 is 1.47 bits per heavy atom. The summed E-state index contributed by atoms with van der Waals surface area (Å²) >= 11 is 0. The van der Waals surface area contributed by atoms with Crippen molar-refractivity contribution in [2.24, 2.45) is 0 Å². The van der Waals surface area contributed by atoms with Crippen LogP contribution in [0.15, 0.2) is 23.1 Å². The molecule has 3 nitrogen and oxygen atoms in total. The van der Waals surface area contributed by atoms with Crippen LogP contribution in [0.25, 0.3) is 0 Å². The predicted molar refractivity (Wildman–Crippen MR) is 60.6 cm³/mol. The topological polar surface area (TPSA) is 46.3 Å². The van der Waals surface area contributed by atoms with Crippen molar-refractivity contribution < 1.29 is 8.60 Å². The summed E-state index contributed by atoms with van der Waals surface area (Å²) < 4.78 is 25.0. The number of nitrogens with zero attached hydrogens (tertiary/aromatic N) is 1. The molecule has 1 atom stereocenters. The van der Waals surface area contributed by atoms with Crippen molar-refractivity contribution in [2.45, 2.75) is 4.90 Å². The first-order valence-corrected chi connectivity index (χ1v) is 5.90. The Balaban J connectivity index is 2.74. The largest absolute Gasteiger partial charge is 0.399 e. The Kier molecular flexibility index (Phi) is 4.23. The van der Waals surface area contributed by atoms with E-state index in [1.807, 2.05) is 19.0 Å². The van der Waals surface area contributed by atoms with Gasteiger partial charge in [0, 0.05) is 18.0 Å². The normalized spacial score (nSPS) is 13.1. The molecule has 15 heavy (non-hydrogen) atoms. The van der Waals surface area contributed by atoms with E-state index in [1.165, 1.54) is 12.1 Å². The fourth-order valence-electron chi connectivity index (χ4n) is 1.08. The van der Waals surface area contributed by atoms with E-state index in [-0.39, 0.29) is 4.90 Å². The Bertz CT molecular complexity index is 368. The molecule has 1 aromatic rings. The van der Waals surface area contributed by atoms with Gasteiger partial charge in [0.1, 0.15) is 5.82 Å². The second kappa shape index (κ2) is 5.23. The summed E-state index contributed by atoms with van der Waals surface area (Å²) in [6.45, 7) is 0.663. The third-order valence-electron chi connectivity index (χ3n) is 1.93. The second-order valence-electron chi connectivity index (χ2n) is 3.54. The first-order valence-electron chi connectivity index (χ1n) is 4.59. The zero-order valence-corrected chi connectivity index (χ0v) is 9.68. The number of nitrogens with two attached hydrogens (primary N) is 1. The van der Waals surface area contributed by atoms with E-state index in [0.29, 0.717) is 18.0 Å². The Labute approximate surface area is 91.5 Å². The van der Waals surface area contributed by atoms with E-state index in [1.54, 1.807) is 6.07 Å². The van der Waals surface area contributed by atoms with Crippen LogP contribution in [-0.4, -0.2) is 35.5 Å². The number of hydrogen-bond donors (Lipinski definition) is 1. The summed E-state index contributed by atoms with van der Waals surface area (Å²) in [5.74, 6) is -0.0690. The molecule has 5 heteroatoms. The van der Waals surface area contributed by atoms with Crippen LogP contribution in [0.5, 0.6) is 0 Å². The van der Waals surface area contributed by atoms with Gasteiger partial charge >= 0.3 is 0 Å². The van der Waals surface area contributed by atoms with Gasteiger partial charge in [-0.05, 0) is 32.3 Å². The molecule has 1 rings (SSSR count). The number of benzene rings is 1. The standard InChI is InChI=1S/C10H15FN2OS/c1-13(2)5-6-15(14)10-4-3-8(12)7-9(10)11/h3-4,7H,5-6,12H2,1-2H3. The molecular formula is C10H15FN2OS. The fraction of sp³-hybridized carbons (Fsp3) is 0.400. The minimum Gasteiger partial charge on any atom is -0.399 e. The summed E-state index contributed by atoms with van der Waals surface area (Å²) in [4.78, 5) is 2.14. The van der Waals surface area contributed by atoms with Gasteiger partial charge < -0.3 is 10.6 Å². The number of anilines is 1. The van der Waals surface area contributed by atoms with Crippen molar-refractivity contribution >= 4 is 16.5 Å². The van der Waals surface area contributed by atoms with Gasteiger partial charge in [-0.3, -0.25) is 4.21 Å². The third-order valence-corrected chi connectivity index (χ3v) is 3.30. The fourth-order valence-corrected chi connectivity index (χ4v) is 2.32. The summed E-state index contributed by atoms with van der Waals surface area (Å²) in [5, 5.41) is 0. The van der Waals surface area contributed by atoms with Crippen molar-refractivity contribution in [1.29, 1.82) is 0 Å². The van der Waals surface area contributed by atoms with Crippen LogP contribution in [0, 0.1) is 5.82 Å². The molecule has 0 amide bonds. The average molecular weight is 230 g/mol. The Morgan fingerprint density at radius 3 is 2.67 bits per heavy atom. The number of hydrogen-bond acceptors (Lipinski definition) is 3. The van der Waals surface area contributed by atoms with Gasteiger partial charge in [0.25, 0.3) is 0 Å². The molecule has 0 aliphatic heterocycles. The van der Waals surface area contributed by atoms with Crippen LogP contribution in [-0.2, 0) is 10.8 Å². The highest BCUT2D eigenvalue weighted by molar-refractivity contribution is 7.85. The smallest absolute Gasteiger partial charge is 0.141 e. The molecule has 1 aromatic carbocycles. The van der Waals surface area contributed by atoms with Crippen molar-refractivity contribution in [3.05, 3.63) is 24.0 Å². The summed E-state index contributed by atoms with van der Waals surface area (Å²) in [6.07, 6.45) is 0. The van der Waals surface area contributed by atoms with Crippen LogP contribution in [0.1, 0.15) is 0 Å². The maximum atomic E-state index is 13.3. The van der Waals surface area contributed by atoms with Gasteiger partial charge in [-0.15, -0.1) is 0 Å². The van der Waals surface area contributed by atoms with E-state index >= 15 is 0 Å². The highest BCUT2D eigenvalue weighted by atomic mass is 32.2. The molecule has 0 radical (unpaired) electrons. The van der Waals surface area contributed by atoms with Crippen LogP contribution in [0.4, 0.5) is 10.1 Å². The SMILES string of the molecule is CN(C)CCS(=O)c1ccc(N)cc1F. The highest BCUT2D eigenvalue weighted by Crippen LogP contribution is 2.15. The number of rotatable bonds is 4. The minimum absolute atomic E-state index is 0.228. The highest BCUT2D eigenvalue weighted by Gasteiger charge is 2.10. The maximum absolute atomic E-state index is 13.3. The average Bonchev–Trinajstić information content (AvgIpc) is 2.14. The Hall–Kier alpha value is -0.940. The van der Waals surface area contributed by atoms with E-state index in [2.05, 4.69) is 0 Å². The molecular weight excluding hydrogens is 215 g/mol. The van der Waals surface area contributed by atoms with E-state index in [4.69, 9.17) is 5.73 Å². The molecule has 0 bridgehead atoms. The van der Waals surface area contributed by atoms with Crippen LogP contribution >= 0.6 is 0 Å². The number of halogens is 1. The summed E-state index contributed by atoms with van der Waals surface area (Å²) in [6, 6.07) is 4.24. The number of nitrogen functional groups attached to an aromatic ring is 1. The molecule has 84 valence electrons. The van der Waals surface area contributed by atoms with Gasteiger partial charge in [-0.1, -0.05) is 0 Å².